The standard InChI is InChI=1S/C23H32N8/c1-17-15-29(12-10-24-17)21-14-22(30-13-11-25-18(2)16-30)31-23(27-21)26-20(28-31)9-8-19-6-4-3-5-7-19/h3-7,14,17-18,24-25H,8-13,15-16H2,1-2H3. The van der Waals surface area contributed by atoms with Gasteiger partial charge in [-0.15, -0.1) is 5.10 Å². The molecule has 0 bridgehead atoms. The third kappa shape index (κ3) is 4.50. The van der Waals surface area contributed by atoms with Crippen molar-refractivity contribution in [3.8, 4) is 0 Å². The van der Waals surface area contributed by atoms with E-state index in [1.165, 1.54) is 5.56 Å². The third-order valence-electron chi connectivity index (χ3n) is 6.19. The van der Waals surface area contributed by atoms with E-state index in [4.69, 9.17) is 15.1 Å². The Morgan fingerprint density at radius 3 is 2.35 bits per heavy atom. The van der Waals surface area contributed by atoms with Gasteiger partial charge in [0.2, 0.25) is 0 Å². The normalized spacial score (nSPS) is 22.3. The molecule has 31 heavy (non-hydrogen) atoms. The molecule has 3 aromatic rings. The van der Waals surface area contributed by atoms with Crippen molar-refractivity contribution in [3.05, 3.63) is 47.8 Å². The molecular weight excluding hydrogens is 388 g/mol. The van der Waals surface area contributed by atoms with Crippen LogP contribution in [0.1, 0.15) is 25.2 Å². The molecule has 0 aliphatic carbocycles. The largest absolute Gasteiger partial charge is 0.354 e. The highest BCUT2D eigenvalue weighted by Gasteiger charge is 2.24. The molecule has 1 aromatic carbocycles. The first-order chi connectivity index (χ1) is 15.2. The average Bonchev–Trinajstić information content (AvgIpc) is 3.21. The highest BCUT2D eigenvalue weighted by Crippen LogP contribution is 2.24. The van der Waals surface area contributed by atoms with Gasteiger partial charge in [0.15, 0.2) is 5.82 Å². The molecule has 8 heteroatoms. The Bertz CT molecular complexity index is 1020. The van der Waals surface area contributed by atoms with Crippen LogP contribution in [0.5, 0.6) is 0 Å². The molecule has 0 spiro atoms. The van der Waals surface area contributed by atoms with Gasteiger partial charge in [0, 0.05) is 63.8 Å². The Morgan fingerprint density at radius 2 is 1.61 bits per heavy atom. The fraction of sp³-hybridized carbons (Fsp3) is 0.522. The number of aryl methyl sites for hydroxylation is 2. The molecule has 0 radical (unpaired) electrons. The predicted octanol–water partition coefficient (Wildman–Crippen LogP) is 1.51. The summed E-state index contributed by atoms with van der Waals surface area (Å²) in [5.41, 5.74) is 1.31. The monoisotopic (exact) mass is 420 g/mol. The van der Waals surface area contributed by atoms with Crippen LogP contribution in [0.25, 0.3) is 5.78 Å². The zero-order valence-electron chi connectivity index (χ0n) is 18.5. The lowest BCUT2D eigenvalue weighted by atomic mass is 10.1. The van der Waals surface area contributed by atoms with E-state index in [-0.39, 0.29) is 0 Å². The van der Waals surface area contributed by atoms with Crippen LogP contribution in [-0.4, -0.2) is 70.9 Å². The molecule has 2 saturated heterocycles. The van der Waals surface area contributed by atoms with E-state index in [9.17, 15) is 0 Å². The molecule has 2 aromatic heterocycles. The number of benzene rings is 1. The quantitative estimate of drug-likeness (QED) is 0.648. The van der Waals surface area contributed by atoms with Crippen molar-refractivity contribution in [1.82, 2.24) is 30.2 Å². The number of nitrogens with one attached hydrogen (secondary N) is 2. The molecule has 2 unspecified atom stereocenters. The van der Waals surface area contributed by atoms with Crippen molar-refractivity contribution in [2.45, 2.75) is 38.8 Å². The molecule has 2 N–H and O–H groups in total. The van der Waals surface area contributed by atoms with Gasteiger partial charge in [0.1, 0.15) is 11.6 Å². The van der Waals surface area contributed by atoms with Crippen LogP contribution in [0.3, 0.4) is 0 Å². The van der Waals surface area contributed by atoms with Gasteiger partial charge < -0.3 is 20.4 Å². The van der Waals surface area contributed by atoms with E-state index in [1.807, 2.05) is 4.52 Å². The fourth-order valence-corrected chi connectivity index (χ4v) is 4.56. The van der Waals surface area contributed by atoms with Crippen LogP contribution in [0.15, 0.2) is 36.4 Å². The number of nitrogens with zero attached hydrogens (tertiary/aromatic N) is 6. The molecule has 164 valence electrons. The molecule has 0 amide bonds. The summed E-state index contributed by atoms with van der Waals surface area (Å²) in [6.07, 6.45) is 1.74. The van der Waals surface area contributed by atoms with Gasteiger partial charge in [0.25, 0.3) is 5.78 Å². The molecule has 2 fully saturated rings. The topological polar surface area (TPSA) is 73.6 Å². The number of rotatable bonds is 5. The van der Waals surface area contributed by atoms with Gasteiger partial charge in [-0.25, -0.2) is 0 Å². The maximum absolute atomic E-state index is 4.93. The maximum atomic E-state index is 4.93. The van der Waals surface area contributed by atoms with Crippen LogP contribution < -0.4 is 20.4 Å². The summed E-state index contributed by atoms with van der Waals surface area (Å²) in [5.74, 6) is 3.65. The second-order valence-corrected chi connectivity index (χ2v) is 8.80. The van der Waals surface area contributed by atoms with E-state index < -0.39 is 0 Å². The van der Waals surface area contributed by atoms with E-state index in [1.54, 1.807) is 0 Å². The lowest BCUT2D eigenvalue weighted by Gasteiger charge is -2.35. The molecule has 8 nitrogen and oxygen atoms in total. The van der Waals surface area contributed by atoms with Crippen molar-refractivity contribution in [2.75, 3.05) is 49.1 Å². The van der Waals surface area contributed by atoms with E-state index in [0.717, 1.165) is 69.6 Å². The molecule has 2 atom stereocenters. The molecule has 0 saturated carbocycles. The summed E-state index contributed by atoms with van der Waals surface area (Å²) >= 11 is 0. The van der Waals surface area contributed by atoms with E-state index >= 15 is 0 Å². The van der Waals surface area contributed by atoms with Crippen molar-refractivity contribution in [3.63, 3.8) is 0 Å². The minimum Gasteiger partial charge on any atom is -0.354 e. The first kappa shape index (κ1) is 20.2. The van der Waals surface area contributed by atoms with Gasteiger partial charge in [-0.1, -0.05) is 30.3 Å². The third-order valence-corrected chi connectivity index (χ3v) is 6.19. The molecule has 2 aliphatic heterocycles. The molecule has 4 heterocycles. The van der Waals surface area contributed by atoms with Crippen LogP contribution in [0, 0.1) is 0 Å². The van der Waals surface area contributed by atoms with E-state index in [0.29, 0.717) is 17.9 Å². The second-order valence-electron chi connectivity index (χ2n) is 8.80. The Morgan fingerprint density at radius 1 is 0.903 bits per heavy atom. The Labute approximate surface area is 183 Å². The summed E-state index contributed by atoms with van der Waals surface area (Å²) < 4.78 is 1.95. The minimum absolute atomic E-state index is 0.445. The number of hydrogen-bond donors (Lipinski definition) is 2. The number of hydrogen-bond acceptors (Lipinski definition) is 7. The van der Waals surface area contributed by atoms with Gasteiger partial charge in [-0.05, 0) is 25.8 Å². The molecule has 2 aliphatic rings. The van der Waals surface area contributed by atoms with Gasteiger partial charge in [-0.3, -0.25) is 0 Å². The highest BCUT2D eigenvalue weighted by molar-refractivity contribution is 5.57. The first-order valence-corrected chi connectivity index (χ1v) is 11.4. The summed E-state index contributed by atoms with van der Waals surface area (Å²) in [6, 6.07) is 13.6. The van der Waals surface area contributed by atoms with Crippen LogP contribution in [0.2, 0.25) is 0 Å². The van der Waals surface area contributed by atoms with Crippen molar-refractivity contribution < 1.29 is 0 Å². The zero-order valence-corrected chi connectivity index (χ0v) is 18.5. The number of anilines is 2. The van der Waals surface area contributed by atoms with E-state index in [2.05, 4.69) is 70.7 Å². The van der Waals surface area contributed by atoms with Gasteiger partial charge >= 0.3 is 0 Å². The number of aromatic nitrogens is 4. The number of fused-ring (bicyclic) bond motifs is 1. The van der Waals surface area contributed by atoms with Crippen molar-refractivity contribution >= 4 is 17.4 Å². The SMILES string of the molecule is CC1CN(c2cc(N3CCNC(C)C3)n3nc(CCc4ccccc4)nc3n2)CCN1. The lowest BCUT2D eigenvalue weighted by molar-refractivity contribution is 0.477. The maximum Gasteiger partial charge on any atom is 0.256 e. The molecular formula is C23H32N8. The second kappa shape index (κ2) is 8.80. The minimum atomic E-state index is 0.445. The Kier molecular flexibility index (Phi) is 5.74. The van der Waals surface area contributed by atoms with Crippen molar-refractivity contribution in [2.24, 2.45) is 0 Å². The average molecular weight is 421 g/mol. The van der Waals surface area contributed by atoms with Crippen LogP contribution in [-0.2, 0) is 12.8 Å². The Hall–Kier alpha value is -2.71. The van der Waals surface area contributed by atoms with Crippen molar-refractivity contribution in [1.29, 1.82) is 0 Å². The van der Waals surface area contributed by atoms with Crippen LogP contribution >= 0.6 is 0 Å². The van der Waals surface area contributed by atoms with Gasteiger partial charge in [-0.2, -0.15) is 14.5 Å². The first-order valence-electron chi connectivity index (χ1n) is 11.4. The van der Waals surface area contributed by atoms with Gasteiger partial charge in [0.05, 0.1) is 0 Å². The summed E-state index contributed by atoms with van der Waals surface area (Å²) in [4.78, 5) is 14.5. The number of piperazine rings is 2. The zero-order chi connectivity index (χ0) is 21.2. The summed E-state index contributed by atoms with van der Waals surface area (Å²) in [5, 5.41) is 11.9. The predicted molar refractivity (Wildman–Crippen MR) is 124 cm³/mol. The smallest absolute Gasteiger partial charge is 0.256 e. The van der Waals surface area contributed by atoms with Crippen LogP contribution in [0.4, 0.5) is 11.6 Å². The molecule has 5 rings (SSSR count). The lowest BCUT2D eigenvalue weighted by Crippen LogP contribution is -2.50. The summed E-state index contributed by atoms with van der Waals surface area (Å²) in [7, 11) is 0. The highest BCUT2D eigenvalue weighted by atomic mass is 15.4. The fourth-order valence-electron chi connectivity index (χ4n) is 4.56. The summed E-state index contributed by atoms with van der Waals surface area (Å²) in [6.45, 7) is 10.2. The Balaban J connectivity index is 1.48.